The molecular weight excluding hydrogens is 501 g/mol. The number of aromatic nitrogens is 2. The van der Waals surface area contributed by atoms with E-state index in [0.29, 0.717) is 0 Å². The molecule has 2 heterocycles. The van der Waals surface area contributed by atoms with Crippen LogP contribution in [-0.2, 0) is 31.6 Å². The van der Waals surface area contributed by atoms with Crippen LogP contribution in [0.1, 0.15) is 13.2 Å². The van der Waals surface area contributed by atoms with E-state index in [9.17, 15) is 28.5 Å². The van der Waals surface area contributed by atoms with Gasteiger partial charge in [-0.15, -0.1) is 5.92 Å². The normalized spacial score (nSPS) is 29.5. The van der Waals surface area contributed by atoms with Gasteiger partial charge in [-0.3, -0.25) is 9.09 Å². The van der Waals surface area contributed by atoms with Gasteiger partial charge in [-0.2, -0.15) is 13.6 Å². The number of anilines is 1. The zero-order valence-corrected chi connectivity index (χ0v) is 18.7. The van der Waals surface area contributed by atoms with Crippen LogP contribution in [0.4, 0.5) is 5.82 Å². The van der Waals surface area contributed by atoms with Crippen LogP contribution in [0.3, 0.4) is 0 Å². The van der Waals surface area contributed by atoms with E-state index in [4.69, 9.17) is 30.9 Å². The van der Waals surface area contributed by atoms with Crippen molar-refractivity contribution in [2.45, 2.75) is 30.9 Å². The van der Waals surface area contributed by atoms with E-state index in [1.165, 1.54) is 13.0 Å². The average molecular weight is 520 g/mol. The van der Waals surface area contributed by atoms with Crippen LogP contribution in [0.2, 0.25) is 0 Å². The number of hydrogen-bond acceptors (Lipinski definition) is 12. The maximum Gasteiger partial charge on any atom is 0.490 e. The fourth-order valence-corrected chi connectivity index (χ4v) is 5.69. The molecule has 180 valence electrons. The number of rotatable bonds is 8. The molecule has 0 amide bonds. The Hall–Kier alpha value is -1.47. The maximum absolute atomic E-state index is 12.2. The summed E-state index contributed by atoms with van der Waals surface area (Å²) in [5.41, 5.74) is 8.69. The number of phosphoric ester groups is 1. The summed E-state index contributed by atoms with van der Waals surface area (Å²) in [6.45, 7) is 0.366. The fourth-order valence-electron chi connectivity index (χ4n) is 2.66. The van der Waals surface area contributed by atoms with Crippen LogP contribution < -0.4 is 17.2 Å². The van der Waals surface area contributed by atoms with Crippen LogP contribution in [0.5, 0.6) is 0 Å². The van der Waals surface area contributed by atoms with Crippen molar-refractivity contribution in [2.24, 2.45) is 5.73 Å². The smallest absolute Gasteiger partial charge is 0.387 e. The predicted octanol–water partition coefficient (Wildman–Crippen LogP) is -1.85. The molecule has 0 bridgehead atoms. The quantitative estimate of drug-likeness (QED) is 0.146. The Balaban J connectivity index is 2.23. The standard InChI is InChI=1S/C12H19N4O13P3/c1-2-4-12(14)9(17)7(27-10(12)16-5-3-8(13)15-11(16)18)6-26-31(22,23)29-32(24,25)28-30(19,20)21/h3,5,7,9-10,17H,6,14H2,1H3,(H,22,23)(H,24,25)(H2,13,15,18)(H2,19,20,21)/t7-,9?,10-,12?/m1/s1. The largest absolute Gasteiger partial charge is 0.490 e. The highest BCUT2D eigenvalue weighted by atomic mass is 31.3. The van der Waals surface area contributed by atoms with Gasteiger partial charge in [0.1, 0.15) is 18.0 Å². The Morgan fingerprint density at radius 2 is 1.88 bits per heavy atom. The van der Waals surface area contributed by atoms with Crippen molar-refractivity contribution in [1.82, 2.24) is 9.55 Å². The molecule has 4 unspecified atom stereocenters. The SMILES string of the molecule is CC#CC1(N)C(O)[C@@H](COP(=O)(O)OP(=O)(O)OP(=O)(O)O)O[C@H]1n1ccc(N)nc1=O. The summed E-state index contributed by atoms with van der Waals surface area (Å²) < 4.78 is 51.8. The zero-order chi connectivity index (χ0) is 24.5. The predicted molar refractivity (Wildman–Crippen MR) is 103 cm³/mol. The third-order valence-corrected chi connectivity index (χ3v) is 7.62. The molecule has 1 aromatic rings. The van der Waals surface area contributed by atoms with Crippen LogP contribution in [0, 0.1) is 11.8 Å². The molecule has 9 N–H and O–H groups in total. The molecule has 20 heteroatoms. The maximum atomic E-state index is 12.2. The fraction of sp³-hybridized carbons (Fsp3) is 0.500. The number of ether oxygens (including phenoxy) is 1. The summed E-state index contributed by atoms with van der Waals surface area (Å²) in [5, 5.41) is 10.6. The highest BCUT2D eigenvalue weighted by Crippen LogP contribution is 2.66. The van der Waals surface area contributed by atoms with Crippen LogP contribution >= 0.6 is 23.5 Å². The van der Waals surface area contributed by atoms with Crippen molar-refractivity contribution >= 4 is 29.3 Å². The van der Waals surface area contributed by atoms with Crippen molar-refractivity contribution in [3.05, 3.63) is 22.7 Å². The van der Waals surface area contributed by atoms with E-state index < -0.39 is 59.7 Å². The van der Waals surface area contributed by atoms with E-state index in [1.807, 2.05) is 0 Å². The van der Waals surface area contributed by atoms with E-state index >= 15 is 0 Å². The molecule has 2 rings (SSSR count). The number of hydrogen-bond donors (Lipinski definition) is 7. The first-order valence-electron chi connectivity index (χ1n) is 8.19. The van der Waals surface area contributed by atoms with E-state index in [1.54, 1.807) is 0 Å². The van der Waals surface area contributed by atoms with Gasteiger partial charge in [0.25, 0.3) is 0 Å². The minimum absolute atomic E-state index is 0.113. The number of nitrogens with two attached hydrogens (primary N) is 2. The van der Waals surface area contributed by atoms with Gasteiger partial charge in [-0.05, 0) is 13.0 Å². The molecule has 17 nitrogen and oxygen atoms in total. The molecule has 1 aliphatic heterocycles. The van der Waals surface area contributed by atoms with Gasteiger partial charge in [-0.25, -0.2) is 18.5 Å². The number of nitrogen functional groups attached to an aromatic ring is 1. The lowest BCUT2D eigenvalue weighted by atomic mass is 9.91. The van der Waals surface area contributed by atoms with Crippen LogP contribution in [0.15, 0.2) is 17.1 Å². The molecular formula is C12H19N4O13P3. The van der Waals surface area contributed by atoms with Crippen molar-refractivity contribution in [3.63, 3.8) is 0 Å². The van der Waals surface area contributed by atoms with Gasteiger partial charge in [-0.1, -0.05) is 5.92 Å². The summed E-state index contributed by atoms with van der Waals surface area (Å²) in [7, 11) is -16.8. The monoisotopic (exact) mass is 520 g/mol. The molecule has 6 atom stereocenters. The van der Waals surface area contributed by atoms with Crippen LogP contribution in [0.25, 0.3) is 0 Å². The number of nitrogens with zero attached hydrogens (tertiary/aromatic N) is 2. The van der Waals surface area contributed by atoms with Gasteiger partial charge in [0.2, 0.25) is 0 Å². The Bertz CT molecular complexity index is 1130. The topological polar surface area (TPSA) is 276 Å². The van der Waals surface area contributed by atoms with Crippen LogP contribution in [-0.4, -0.2) is 58.6 Å². The minimum atomic E-state index is -5.74. The second kappa shape index (κ2) is 9.41. The van der Waals surface area contributed by atoms with E-state index in [-0.39, 0.29) is 5.82 Å². The molecule has 0 saturated carbocycles. The lowest BCUT2D eigenvalue weighted by Crippen LogP contribution is -2.55. The van der Waals surface area contributed by atoms with Gasteiger partial charge in [0.15, 0.2) is 11.8 Å². The van der Waals surface area contributed by atoms with Crippen molar-refractivity contribution in [2.75, 3.05) is 12.3 Å². The Morgan fingerprint density at radius 3 is 2.41 bits per heavy atom. The molecule has 1 aromatic heterocycles. The lowest BCUT2D eigenvalue weighted by molar-refractivity contribution is -0.0467. The van der Waals surface area contributed by atoms with E-state index in [2.05, 4.69) is 30.0 Å². The average Bonchev–Trinajstić information content (AvgIpc) is 2.82. The molecule has 0 radical (unpaired) electrons. The third-order valence-electron chi connectivity index (χ3n) is 3.82. The summed E-state index contributed by atoms with van der Waals surface area (Å²) in [6, 6.07) is 1.23. The van der Waals surface area contributed by atoms with Gasteiger partial charge >= 0.3 is 29.2 Å². The molecule has 1 fully saturated rings. The Labute approximate surface area is 179 Å². The summed E-state index contributed by atoms with van der Waals surface area (Å²) in [6.07, 6.45) is -3.59. The Kier molecular flexibility index (Phi) is 7.88. The molecule has 1 saturated heterocycles. The second-order valence-electron chi connectivity index (χ2n) is 6.21. The molecule has 0 spiro atoms. The van der Waals surface area contributed by atoms with E-state index in [0.717, 1.165) is 10.8 Å². The molecule has 1 aliphatic rings. The first-order valence-corrected chi connectivity index (χ1v) is 12.7. The third kappa shape index (κ3) is 6.53. The minimum Gasteiger partial charge on any atom is -0.387 e. The highest BCUT2D eigenvalue weighted by molar-refractivity contribution is 7.66. The Morgan fingerprint density at radius 1 is 1.25 bits per heavy atom. The van der Waals surface area contributed by atoms with Crippen molar-refractivity contribution in [1.29, 1.82) is 0 Å². The zero-order valence-electron chi connectivity index (χ0n) is 16.0. The lowest BCUT2D eigenvalue weighted by Gasteiger charge is -2.27. The van der Waals surface area contributed by atoms with Gasteiger partial charge < -0.3 is 40.9 Å². The second-order valence-corrected chi connectivity index (χ2v) is 10.6. The number of aliphatic hydroxyl groups excluding tert-OH is 1. The number of phosphoric acid groups is 3. The van der Waals surface area contributed by atoms with Gasteiger partial charge in [0, 0.05) is 6.20 Å². The van der Waals surface area contributed by atoms with Crippen molar-refractivity contribution in [3.8, 4) is 11.8 Å². The molecule has 0 aromatic carbocycles. The molecule has 0 aliphatic carbocycles. The first-order chi connectivity index (χ1) is 14.5. The first kappa shape index (κ1) is 26.8. The summed E-state index contributed by atoms with van der Waals surface area (Å²) in [4.78, 5) is 51.4. The highest BCUT2D eigenvalue weighted by Gasteiger charge is 2.55. The summed E-state index contributed by atoms with van der Waals surface area (Å²) in [5.74, 6) is 4.82. The number of aliphatic hydroxyl groups is 1. The summed E-state index contributed by atoms with van der Waals surface area (Å²) >= 11 is 0. The molecule has 32 heavy (non-hydrogen) atoms. The van der Waals surface area contributed by atoms with Gasteiger partial charge in [0.05, 0.1) is 6.61 Å². The van der Waals surface area contributed by atoms with Crippen molar-refractivity contribution < 1.29 is 56.3 Å².